The average Bonchev–Trinajstić information content (AvgIpc) is 2.80. The standard InChI is InChI=1S/C27H36F3NO5/c1-26(2,36-24-20-12-17-11-18(14-20)15-21(24)13-17)35-23-16-19(3-4-22(23)27(28,29)30)25(32)34-10-7-31-5-8-33-9-6-31/h3-4,16-18,20-21,24H,5-15H2,1-2H3. The molecule has 0 amide bonds. The molecule has 0 atom stereocenters. The maximum absolute atomic E-state index is 13.8. The summed E-state index contributed by atoms with van der Waals surface area (Å²) < 4.78 is 64.3. The Morgan fingerprint density at radius 3 is 2.28 bits per heavy atom. The molecular formula is C27H36F3NO5. The van der Waals surface area contributed by atoms with E-state index >= 15 is 0 Å². The first kappa shape index (κ1) is 25.8. The third-order valence-electron chi connectivity index (χ3n) is 8.18. The van der Waals surface area contributed by atoms with E-state index in [1.165, 1.54) is 6.42 Å². The van der Waals surface area contributed by atoms with Crippen molar-refractivity contribution in [1.82, 2.24) is 4.90 Å². The Labute approximate surface area is 210 Å². The summed E-state index contributed by atoms with van der Waals surface area (Å²) in [6, 6.07) is 3.15. The molecule has 6 nitrogen and oxygen atoms in total. The van der Waals surface area contributed by atoms with Crippen molar-refractivity contribution < 1.29 is 36.9 Å². The van der Waals surface area contributed by atoms with Gasteiger partial charge in [0.05, 0.1) is 30.4 Å². The van der Waals surface area contributed by atoms with Gasteiger partial charge in [0.2, 0.25) is 5.79 Å². The Bertz CT molecular complexity index is 916. The van der Waals surface area contributed by atoms with Crippen molar-refractivity contribution in [2.75, 3.05) is 39.5 Å². The van der Waals surface area contributed by atoms with Gasteiger partial charge in [-0.1, -0.05) is 0 Å². The molecule has 1 aliphatic heterocycles. The molecule has 0 N–H and O–H groups in total. The first-order chi connectivity index (χ1) is 17.1. The number of esters is 1. The number of benzene rings is 1. The maximum Gasteiger partial charge on any atom is 0.419 e. The fraction of sp³-hybridized carbons (Fsp3) is 0.741. The molecule has 1 aromatic rings. The molecule has 4 aliphatic carbocycles. The number of nitrogens with zero attached hydrogens (tertiary/aromatic N) is 1. The number of hydrogen-bond donors (Lipinski definition) is 0. The van der Waals surface area contributed by atoms with Crippen LogP contribution in [0.4, 0.5) is 13.2 Å². The highest BCUT2D eigenvalue weighted by atomic mass is 19.4. The van der Waals surface area contributed by atoms with Crippen molar-refractivity contribution >= 4 is 5.97 Å². The van der Waals surface area contributed by atoms with Crippen molar-refractivity contribution in [3.63, 3.8) is 0 Å². The van der Waals surface area contributed by atoms with Crippen molar-refractivity contribution in [1.29, 1.82) is 0 Å². The second kappa shape index (κ2) is 10.1. The SMILES string of the molecule is CC(C)(Oc1cc(C(=O)OCCN2CCOCC2)ccc1C(F)(F)F)OC1C2CC3CC(C2)CC1C3. The molecule has 9 heteroatoms. The molecule has 1 aromatic carbocycles. The number of carbonyl (C=O) groups excluding carboxylic acids is 1. The number of ether oxygens (including phenoxy) is 4. The normalized spacial score (nSPS) is 30.4. The molecule has 4 bridgehead atoms. The summed E-state index contributed by atoms with van der Waals surface area (Å²) in [5.74, 6) is 0.0376. The van der Waals surface area contributed by atoms with Gasteiger partial charge < -0.3 is 18.9 Å². The molecule has 200 valence electrons. The first-order valence-electron chi connectivity index (χ1n) is 13.1. The number of hydrogen-bond acceptors (Lipinski definition) is 6. The van der Waals surface area contributed by atoms with Gasteiger partial charge >= 0.3 is 12.1 Å². The van der Waals surface area contributed by atoms with Gasteiger partial charge in [0, 0.05) is 33.5 Å². The molecule has 0 aromatic heterocycles. The minimum Gasteiger partial charge on any atom is -0.462 e. The summed E-state index contributed by atoms with van der Waals surface area (Å²) in [6.45, 7) is 6.80. The summed E-state index contributed by atoms with van der Waals surface area (Å²) in [5.41, 5.74) is -0.917. The van der Waals surface area contributed by atoms with Crippen LogP contribution in [0, 0.1) is 23.7 Å². The Morgan fingerprint density at radius 2 is 1.67 bits per heavy atom. The van der Waals surface area contributed by atoms with E-state index in [4.69, 9.17) is 18.9 Å². The molecule has 5 aliphatic rings. The number of alkyl halides is 3. The van der Waals surface area contributed by atoms with Gasteiger partial charge in [-0.25, -0.2) is 4.79 Å². The summed E-state index contributed by atoms with van der Waals surface area (Å²) in [7, 11) is 0. The molecule has 36 heavy (non-hydrogen) atoms. The summed E-state index contributed by atoms with van der Waals surface area (Å²) in [5, 5.41) is 0. The Balaban J connectivity index is 1.26. The highest BCUT2D eigenvalue weighted by Crippen LogP contribution is 2.55. The molecule has 1 saturated heterocycles. The summed E-state index contributed by atoms with van der Waals surface area (Å²) in [6.07, 6.45) is 1.20. The third kappa shape index (κ3) is 5.83. The van der Waals surface area contributed by atoms with Gasteiger partial charge in [0.15, 0.2) is 0 Å². The van der Waals surface area contributed by atoms with Gasteiger partial charge in [-0.15, -0.1) is 0 Å². The lowest BCUT2D eigenvalue weighted by molar-refractivity contribution is -0.244. The van der Waals surface area contributed by atoms with Gasteiger partial charge in [0.1, 0.15) is 12.4 Å². The van der Waals surface area contributed by atoms with Gasteiger partial charge in [0.25, 0.3) is 0 Å². The zero-order valence-electron chi connectivity index (χ0n) is 21.0. The lowest BCUT2D eigenvalue weighted by atomic mass is 9.55. The van der Waals surface area contributed by atoms with E-state index in [-0.39, 0.29) is 18.3 Å². The minimum atomic E-state index is -4.63. The van der Waals surface area contributed by atoms with Crippen LogP contribution in [-0.2, 0) is 20.4 Å². The maximum atomic E-state index is 13.8. The van der Waals surface area contributed by atoms with Crippen LogP contribution < -0.4 is 4.74 Å². The van der Waals surface area contributed by atoms with E-state index in [2.05, 4.69) is 4.90 Å². The quantitative estimate of drug-likeness (QED) is 0.356. The van der Waals surface area contributed by atoms with Crippen LogP contribution in [0.2, 0.25) is 0 Å². The topological polar surface area (TPSA) is 57.2 Å². The number of halogens is 3. The van der Waals surface area contributed by atoms with E-state index in [1.54, 1.807) is 13.8 Å². The number of rotatable bonds is 8. The zero-order chi connectivity index (χ0) is 25.5. The van der Waals surface area contributed by atoms with Crippen LogP contribution in [-0.4, -0.2) is 62.2 Å². The highest BCUT2D eigenvalue weighted by molar-refractivity contribution is 5.90. The molecule has 0 radical (unpaired) electrons. The van der Waals surface area contributed by atoms with E-state index < -0.39 is 29.2 Å². The molecule has 0 spiro atoms. The van der Waals surface area contributed by atoms with Gasteiger partial charge in [-0.3, -0.25) is 4.90 Å². The number of carbonyl (C=O) groups is 1. The van der Waals surface area contributed by atoms with E-state index in [0.717, 1.165) is 68.8 Å². The van der Waals surface area contributed by atoms with Crippen LogP contribution >= 0.6 is 0 Å². The average molecular weight is 512 g/mol. The van der Waals surface area contributed by atoms with E-state index in [1.807, 2.05) is 0 Å². The smallest absolute Gasteiger partial charge is 0.419 e. The van der Waals surface area contributed by atoms with Gasteiger partial charge in [-0.2, -0.15) is 13.2 Å². The largest absolute Gasteiger partial charge is 0.462 e. The third-order valence-corrected chi connectivity index (χ3v) is 8.18. The minimum absolute atomic E-state index is 0.00419. The molecule has 1 heterocycles. The van der Waals surface area contributed by atoms with Gasteiger partial charge in [-0.05, 0) is 74.0 Å². The zero-order valence-corrected chi connectivity index (χ0v) is 21.0. The van der Waals surface area contributed by atoms with Crippen molar-refractivity contribution in [3.8, 4) is 5.75 Å². The Kier molecular flexibility index (Phi) is 7.26. The summed E-state index contributed by atoms with van der Waals surface area (Å²) in [4.78, 5) is 14.7. The van der Waals surface area contributed by atoms with E-state index in [9.17, 15) is 18.0 Å². The first-order valence-corrected chi connectivity index (χ1v) is 13.1. The van der Waals surface area contributed by atoms with Crippen molar-refractivity contribution in [3.05, 3.63) is 29.3 Å². The fourth-order valence-electron chi connectivity index (χ4n) is 6.83. The summed E-state index contributed by atoms with van der Waals surface area (Å²) >= 11 is 0. The monoisotopic (exact) mass is 511 g/mol. The highest BCUT2D eigenvalue weighted by Gasteiger charge is 2.50. The predicted octanol–water partition coefficient (Wildman–Crippen LogP) is 5.15. The van der Waals surface area contributed by atoms with Crippen molar-refractivity contribution in [2.45, 2.75) is 64.0 Å². The Hall–Kier alpha value is -1.84. The Morgan fingerprint density at radius 1 is 1.03 bits per heavy atom. The van der Waals surface area contributed by atoms with Crippen molar-refractivity contribution in [2.24, 2.45) is 23.7 Å². The van der Waals surface area contributed by atoms with Crippen LogP contribution in [0.25, 0.3) is 0 Å². The fourth-order valence-corrected chi connectivity index (χ4v) is 6.83. The van der Waals surface area contributed by atoms with Crippen LogP contribution in [0.3, 0.4) is 0 Å². The predicted molar refractivity (Wildman–Crippen MR) is 126 cm³/mol. The molecular weight excluding hydrogens is 475 g/mol. The lowest BCUT2D eigenvalue weighted by Gasteiger charge is -2.55. The number of morpholine rings is 1. The molecule has 5 fully saturated rings. The second-order valence-electron chi connectivity index (χ2n) is 11.3. The molecule has 6 rings (SSSR count). The lowest BCUT2D eigenvalue weighted by Crippen LogP contribution is -2.52. The van der Waals surface area contributed by atoms with Crippen LogP contribution in [0.5, 0.6) is 5.75 Å². The van der Waals surface area contributed by atoms with Crippen LogP contribution in [0.1, 0.15) is 61.9 Å². The molecule has 4 saturated carbocycles. The van der Waals surface area contributed by atoms with Crippen LogP contribution in [0.15, 0.2) is 18.2 Å². The van der Waals surface area contributed by atoms with E-state index in [0.29, 0.717) is 31.6 Å². The second-order valence-corrected chi connectivity index (χ2v) is 11.3. The molecule has 0 unspecified atom stereocenters.